The third-order valence-electron chi connectivity index (χ3n) is 1.87. The maximum absolute atomic E-state index is 13.5. The molecule has 0 aliphatic carbocycles. The maximum Gasteiger partial charge on any atom is 0.155 e. The fraction of sp³-hybridized carbons (Fsp3) is 0.111. The number of aliphatic hydroxyl groups is 1. The van der Waals surface area contributed by atoms with Crippen LogP contribution in [-0.2, 0) is 6.61 Å². The van der Waals surface area contributed by atoms with Crippen molar-refractivity contribution in [1.29, 1.82) is 0 Å². The van der Waals surface area contributed by atoms with Gasteiger partial charge in [-0.2, -0.15) is 0 Å². The van der Waals surface area contributed by atoms with E-state index < -0.39 is 0 Å². The minimum Gasteiger partial charge on any atom is -0.392 e. The molecule has 0 fully saturated rings. The highest BCUT2D eigenvalue weighted by Crippen LogP contribution is 2.33. The highest BCUT2D eigenvalue weighted by Gasteiger charge is 2.12. The summed E-state index contributed by atoms with van der Waals surface area (Å²) in [6.07, 6.45) is 0. The largest absolute Gasteiger partial charge is 0.392 e. The summed E-state index contributed by atoms with van der Waals surface area (Å²) < 4.78 is 15.0. The Morgan fingerprint density at radius 2 is 2.23 bits per heavy atom. The molecule has 0 aliphatic rings. The number of fused-ring (bicyclic) bond motifs is 1. The molecule has 1 aromatic heterocycles. The van der Waals surface area contributed by atoms with Gasteiger partial charge in [0, 0.05) is 10.1 Å². The van der Waals surface area contributed by atoms with E-state index in [0.717, 1.165) is 4.70 Å². The van der Waals surface area contributed by atoms with Crippen molar-refractivity contribution in [2.24, 2.45) is 0 Å². The summed E-state index contributed by atoms with van der Waals surface area (Å²) in [5.41, 5.74) is 0.661. The lowest BCUT2D eigenvalue weighted by atomic mass is 10.1. The highest BCUT2D eigenvalue weighted by molar-refractivity contribution is 14.1. The molecule has 0 spiro atoms. The predicted octanol–water partition coefficient (Wildman–Crippen LogP) is 3.14. The molecule has 1 N–H and O–H groups in total. The van der Waals surface area contributed by atoms with Crippen LogP contribution in [0.4, 0.5) is 4.39 Å². The summed E-state index contributed by atoms with van der Waals surface area (Å²) in [7, 11) is 0. The summed E-state index contributed by atoms with van der Waals surface area (Å²) >= 11 is 3.38. The van der Waals surface area contributed by atoms with Gasteiger partial charge in [0.15, 0.2) is 5.82 Å². The van der Waals surface area contributed by atoms with Gasteiger partial charge >= 0.3 is 0 Å². The molecule has 13 heavy (non-hydrogen) atoms. The summed E-state index contributed by atoms with van der Waals surface area (Å²) in [5.74, 6) is -0.203. The Hall–Kier alpha value is -0.200. The zero-order valence-corrected chi connectivity index (χ0v) is 9.52. The molecule has 0 amide bonds. The van der Waals surface area contributed by atoms with Crippen LogP contribution in [0.25, 0.3) is 10.1 Å². The highest BCUT2D eigenvalue weighted by atomic mass is 127. The van der Waals surface area contributed by atoms with E-state index in [-0.39, 0.29) is 12.4 Å². The average molecular weight is 308 g/mol. The Morgan fingerprint density at radius 3 is 2.92 bits per heavy atom. The first-order chi connectivity index (χ1) is 6.24. The third kappa shape index (κ3) is 1.47. The maximum atomic E-state index is 13.5. The van der Waals surface area contributed by atoms with Gasteiger partial charge in [-0.15, -0.1) is 11.3 Å². The van der Waals surface area contributed by atoms with E-state index in [0.29, 0.717) is 13.8 Å². The summed E-state index contributed by atoms with van der Waals surface area (Å²) in [5, 5.41) is 9.57. The van der Waals surface area contributed by atoms with Crippen LogP contribution in [0.15, 0.2) is 18.2 Å². The first kappa shape index (κ1) is 9.36. The van der Waals surface area contributed by atoms with Crippen molar-refractivity contribution < 1.29 is 9.50 Å². The second-order valence-electron chi connectivity index (χ2n) is 2.64. The minimum atomic E-state index is -0.203. The van der Waals surface area contributed by atoms with Crippen LogP contribution >= 0.6 is 33.9 Å². The van der Waals surface area contributed by atoms with Gasteiger partial charge in [0.05, 0.1) is 6.61 Å². The molecule has 1 heterocycles. The summed E-state index contributed by atoms with van der Waals surface area (Å²) in [6, 6.07) is 5.44. The number of hydrogen-bond donors (Lipinski definition) is 1. The zero-order chi connectivity index (χ0) is 9.42. The fourth-order valence-corrected chi connectivity index (χ4v) is 3.12. The van der Waals surface area contributed by atoms with E-state index in [1.165, 1.54) is 11.3 Å². The van der Waals surface area contributed by atoms with Crippen molar-refractivity contribution in [3.05, 3.63) is 32.5 Å². The minimum absolute atomic E-state index is 0.110. The van der Waals surface area contributed by atoms with Crippen LogP contribution in [0, 0.1) is 8.70 Å². The predicted molar refractivity (Wildman–Crippen MR) is 60.4 cm³/mol. The van der Waals surface area contributed by atoms with Crippen molar-refractivity contribution >= 4 is 44.0 Å². The van der Waals surface area contributed by atoms with Gasteiger partial charge in [0.1, 0.15) is 2.88 Å². The van der Waals surface area contributed by atoms with E-state index >= 15 is 0 Å². The number of thiophene rings is 1. The molecular formula is C9H6FIOS. The molecule has 4 heteroatoms. The molecule has 0 bridgehead atoms. The molecule has 1 aromatic carbocycles. The standard InChI is InChI=1S/C9H6FIOS/c10-8-7-5(4-12)2-1-3-6(7)13-9(8)11/h1-3,12H,4H2. The molecule has 0 saturated carbocycles. The lowest BCUT2D eigenvalue weighted by Gasteiger charge is -1.97. The van der Waals surface area contributed by atoms with Crippen LogP contribution in [0.2, 0.25) is 0 Å². The van der Waals surface area contributed by atoms with Gasteiger partial charge in [-0.05, 0) is 34.2 Å². The number of benzene rings is 1. The molecule has 0 saturated heterocycles. The molecule has 1 nitrogen and oxygen atoms in total. The van der Waals surface area contributed by atoms with Crippen LogP contribution < -0.4 is 0 Å². The lowest BCUT2D eigenvalue weighted by Crippen LogP contribution is -1.84. The number of aliphatic hydroxyl groups excluding tert-OH is 1. The third-order valence-corrected chi connectivity index (χ3v) is 3.93. The zero-order valence-electron chi connectivity index (χ0n) is 6.55. The van der Waals surface area contributed by atoms with Gasteiger partial charge in [-0.1, -0.05) is 12.1 Å². The molecule has 2 aromatic rings. The van der Waals surface area contributed by atoms with E-state index in [4.69, 9.17) is 5.11 Å². The van der Waals surface area contributed by atoms with Gasteiger partial charge in [0.25, 0.3) is 0 Å². The van der Waals surface area contributed by atoms with E-state index in [9.17, 15) is 4.39 Å². The topological polar surface area (TPSA) is 20.2 Å². The first-order valence-electron chi connectivity index (χ1n) is 3.70. The van der Waals surface area contributed by atoms with Gasteiger partial charge in [0.2, 0.25) is 0 Å². The molecule has 0 unspecified atom stereocenters. The van der Waals surface area contributed by atoms with Crippen LogP contribution in [0.1, 0.15) is 5.56 Å². The number of hydrogen-bond acceptors (Lipinski definition) is 2. The van der Waals surface area contributed by atoms with Crippen LogP contribution in [0.5, 0.6) is 0 Å². The van der Waals surface area contributed by atoms with Crippen molar-refractivity contribution in [2.75, 3.05) is 0 Å². The van der Waals surface area contributed by atoms with Crippen molar-refractivity contribution in [2.45, 2.75) is 6.61 Å². The van der Waals surface area contributed by atoms with E-state index in [1.807, 2.05) is 34.7 Å². The normalized spacial score (nSPS) is 11.0. The van der Waals surface area contributed by atoms with Crippen molar-refractivity contribution in [1.82, 2.24) is 0 Å². The Balaban J connectivity index is 2.87. The second-order valence-corrected chi connectivity index (χ2v) is 5.50. The molecular weight excluding hydrogens is 302 g/mol. The monoisotopic (exact) mass is 308 g/mol. The summed E-state index contributed by atoms with van der Waals surface area (Å²) in [4.78, 5) is 0. The molecule has 2 rings (SSSR count). The Kier molecular flexibility index (Phi) is 2.53. The average Bonchev–Trinajstić information content (AvgIpc) is 2.43. The van der Waals surface area contributed by atoms with E-state index in [2.05, 4.69) is 0 Å². The smallest absolute Gasteiger partial charge is 0.155 e. The fourth-order valence-electron chi connectivity index (χ4n) is 1.28. The van der Waals surface area contributed by atoms with Gasteiger partial charge in [-0.3, -0.25) is 0 Å². The van der Waals surface area contributed by atoms with Crippen molar-refractivity contribution in [3.8, 4) is 0 Å². The Morgan fingerprint density at radius 1 is 1.46 bits per heavy atom. The van der Waals surface area contributed by atoms with Crippen molar-refractivity contribution in [3.63, 3.8) is 0 Å². The van der Waals surface area contributed by atoms with Gasteiger partial charge < -0.3 is 5.11 Å². The van der Waals surface area contributed by atoms with Gasteiger partial charge in [-0.25, -0.2) is 4.39 Å². The first-order valence-corrected chi connectivity index (χ1v) is 5.60. The number of rotatable bonds is 1. The number of halogens is 2. The quantitative estimate of drug-likeness (QED) is 0.803. The Bertz CT molecular complexity index is 452. The van der Waals surface area contributed by atoms with Crippen LogP contribution in [0.3, 0.4) is 0 Å². The second kappa shape index (κ2) is 3.51. The summed E-state index contributed by atoms with van der Waals surface area (Å²) in [6.45, 7) is -0.110. The SMILES string of the molecule is OCc1cccc2sc(I)c(F)c12. The molecule has 0 atom stereocenters. The lowest BCUT2D eigenvalue weighted by molar-refractivity contribution is 0.283. The molecule has 0 radical (unpaired) electrons. The van der Waals surface area contributed by atoms with E-state index in [1.54, 1.807) is 6.07 Å². The molecule has 0 aliphatic heterocycles. The molecule has 68 valence electrons. The Labute approximate surface area is 92.3 Å². The van der Waals surface area contributed by atoms with Crippen LogP contribution in [-0.4, -0.2) is 5.11 Å².